The second-order valence-electron chi connectivity index (χ2n) is 4.56. The van der Waals surface area contributed by atoms with Gasteiger partial charge in [0.05, 0.1) is 6.54 Å². The van der Waals surface area contributed by atoms with E-state index in [2.05, 4.69) is 0 Å². The van der Waals surface area contributed by atoms with Crippen LogP contribution in [-0.2, 0) is 4.79 Å². The number of halogens is 1. The number of carbonyl (C=O) groups is 1. The number of nitrogens with zero attached hydrogens (tertiary/aromatic N) is 1. The fourth-order valence-corrected chi connectivity index (χ4v) is 1.83. The normalized spacial score (nSPS) is 31.4. The van der Waals surface area contributed by atoms with E-state index in [9.17, 15) is 14.3 Å². The van der Waals surface area contributed by atoms with E-state index in [-0.39, 0.29) is 18.4 Å². The zero-order chi connectivity index (χ0) is 12.3. The van der Waals surface area contributed by atoms with Crippen molar-refractivity contribution in [2.24, 2.45) is 5.92 Å². The molecule has 0 radical (unpaired) electrons. The summed E-state index contributed by atoms with van der Waals surface area (Å²) in [6.07, 6.45) is 0.835. The number of piperidine rings is 1. The Balaban J connectivity index is 0.000000606. The Kier molecular flexibility index (Phi) is 4.30. The van der Waals surface area contributed by atoms with Gasteiger partial charge in [-0.05, 0) is 25.2 Å². The van der Waals surface area contributed by atoms with Crippen LogP contribution < -0.4 is 0 Å². The Labute approximate surface area is 96.6 Å². The molecular weight excluding hydrogens is 209 g/mol. The molecule has 2 atom stereocenters. The molecule has 0 spiro atoms. The minimum absolute atomic E-state index is 0.0351. The second kappa shape index (κ2) is 5.13. The van der Waals surface area contributed by atoms with Crippen LogP contribution in [0.25, 0.3) is 0 Å². The van der Waals surface area contributed by atoms with Gasteiger partial charge < -0.3 is 10.0 Å². The first-order valence-electron chi connectivity index (χ1n) is 6.19. The predicted molar refractivity (Wildman–Crippen MR) is 60.8 cm³/mol. The average Bonchev–Trinajstić information content (AvgIpc) is 3.04. The quantitative estimate of drug-likeness (QED) is 0.747. The number of alkyl halides is 1. The van der Waals surface area contributed by atoms with E-state index < -0.39 is 11.8 Å². The van der Waals surface area contributed by atoms with Crippen molar-refractivity contribution in [1.29, 1.82) is 0 Å². The van der Waals surface area contributed by atoms with Gasteiger partial charge in [-0.1, -0.05) is 20.8 Å². The maximum absolute atomic E-state index is 13.3. The molecule has 1 saturated carbocycles. The molecule has 3 nitrogen and oxygen atoms in total. The molecule has 1 aliphatic heterocycles. The lowest BCUT2D eigenvalue weighted by atomic mass is 9.97. The third-order valence-electron chi connectivity index (χ3n) is 3.28. The predicted octanol–water partition coefficient (Wildman–Crippen LogP) is 1.74. The zero-order valence-electron chi connectivity index (χ0n) is 10.4. The number of carbonyl (C=O) groups excluding carboxylic acids is 1. The van der Waals surface area contributed by atoms with Crippen molar-refractivity contribution in [3.05, 3.63) is 0 Å². The molecule has 0 aromatic heterocycles. The second-order valence-corrected chi connectivity index (χ2v) is 4.56. The molecule has 1 saturated heterocycles. The highest BCUT2D eigenvalue weighted by Crippen LogP contribution is 2.37. The van der Waals surface area contributed by atoms with Crippen LogP contribution in [0.3, 0.4) is 0 Å². The van der Waals surface area contributed by atoms with Crippen LogP contribution in [0.4, 0.5) is 4.39 Å². The largest absolute Gasteiger partial charge is 0.380 e. The van der Waals surface area contributed by atoms with Gasteiger partial charge in [-0.2, -0.15) is 0 Å². The Morgan fingerprint density at radius 2 is 2.00 bits per heavy atom. The topological polar surface area (TPSA) is 40.5 Å². The molecule has 94 valence electrons. The highest BCUT2D eigenvalue weighted by atomic mass is 19.1. The smallest absolute Gasteiger partial charge is 0.254 e. The molecule has 16 heavy (non-hydrogen) atoms. The first-order valence-corrected chi connectivity index (χ1v) is 6.19. The molecule has 1 aliphatic carbocycles. The summed E-state index contributed by atoms with van der Waals surface area (Å²) in [7, 11) is 0. The molecule has 2 aliphatic rings. The van der Waals surface area contributed by atoms with Gasteiger partial charge in [-0.3, -0.25) is 4.79 Å². The highest BCUT2D eigenvalue weighted by molar-refractivity contribution is 5.87. The van der Waals surface area contributed by atoms with Crippen LogP contribution >= 0.6 is 0 Å². The van der Waals surface area contributed by atoms with Crippen molar-refractivity contribution in [3.63, 3.8) is 0 Å². The van der Waals surface area contributed by atoms with E-state index in [1.54, 1.807) is 0 Å². The van der Waals surface area contributed by atoms with Gasteiger partial charge in [0.2, 0.25) is 0 Å². The Bertz CT molecular complexity index is 253. The van der Waals surface area contributed by atoms with Crippen LogP contribution in [0, 0.1) is 5.92 Å². The number of aliphatic hydroxyl groups is 1. The lowest BCUT2D eigenvalue weighted by Gasteiger charge is -2.34. The fourth-order valence-electron chi connectivity index (χ4n) is 1.83. The van der Waals surface area contributed by atoms with Crippen LogP contribution in [-0.4, -0.2) is 40.8 Å². The van der Waals surface area contributed by atoms with Gasteiger partial charge in [-0.15, -0.1) is 0 Å². The number of rotatable bonds is 1. The van der Waals surface area contributed by atoms with Gasteiger partial charge in [0.25, 0.3) is 5.91 Å². The van der Waals surface area contributed by atoms with E-state index in [1.165, 1.54) is 4.90 Å². The zero-order valence-corrected chi connectivity index (χ0v) is 10.4. The molecule has 0 bridgehead atoms. The Morgan fingerprint density at radius 3 is 2.44 bits per heavy atom. The fraction of sp³-hybridized carbons (Fsp3) is 0.917. The van der Waals surface area contributed by atoms with E-state index in [1.807, 2.05) is 20.8 Å². The van der Waals surface area contributed by atoms with Crippen LogP contribution in [0.2, 0.25) is 0 Å². The lowest BCUT2D eigenvalue weighted by Crippen LogP contribution is -2.48. The number of likely N-dealkylation sites (tertiary alicyclic amines) is 1. The third kappa shape index (κ3) is 2.73. The molecule has 1 amide bonds. The van der Waals surface area contributed by atoms with Gasteiger partial charge in [0.1, 0.15) is 11.8 Å². The number of amides is 1. The molecule has 2 unspecified atom stereocenters. The van der Waals surface area contributed by atoms with Gasteiger partial charge in [0.15, 0.2) is 0 Å². The standard InChI is InChI=1S/C10H16FNO2.C2H6/c1-7-2-5-12(6-8(7)11)9(13)10(14)3-4-10;1-2/h7-8,14H,2-6H2,1H3;1-2H3. The molecular formula is C12H22FNO2. The summed E-state index contributed by atoms with van der Waals surface area (Å²) in [6, 6.07) is 0. The minimum atomic E-state index is -1.14. The van der Waals surface area contributed by atoms with Crippen molar-refractivity contribution < 1.29 is 14.3 Å². The maximum Gasteiger partial charge on any atom is 0.254 e. The van der Waals surface area contributed by atoms with Gasteiger partial charge >= 0.3 is 0 Å². The van der Waals surface area contributed by atoms with Gasteiger partial charge in [-0.25, -0.2) is 4.39 Å². The molecule has 2 fully saturated rings. The van der Waals surface area contributed by atoms with E-state index in [0.29, 0.717) is 25.8 Å². The number of hydrogen-bond acceptors (Lipinski definition) is 2. The molecule has 2 rings (SSSR count). The van der Waals surface area contributed by atoms with Crippen molar-refractivity contribution in [3.8, 4) is 0 Å². The van der Waals surface area contributed by atoms with Crippen LogP contribution in [0.1, 0.15) is 40.0 Å². The minimum Gasteiger partial charge on any atom is -0.380 e. The monoisotopic (exact) mass is 231 g/mol. The molecule has 0 aromatic carbocycles. The maximum atomic E-state index is 13.3. The Hall–Kier alpha value is -0.640. The number of hydrogen-bond donors (Lipinski definition) is 1. The molecule has 1 heterocycles. The summed E-state index contributed by atoms with van der Waals surface area (Å²) >= 11 is 0. The highest BCUT2D eigenvalue weighted by Gasteiger charge is 2.51. The van der Waals surface area contributed by atoms with E-state index in [4.69, 9.17) is 0 Å². The van der Waals surface area contributed by atoms with Gasteiger partial charge in [0, 0.05) is 6.54 Å². The summed E-state index contributed by atoms with van der Waals surface area (Å²) in [5, 5.41) is 9.59. The molecule has 0 aromatic rings. The van der Waals surface area contributed by atoms with E-state index in [0.717, 1.165) is 0 Å². The first-order chi connectivity index (χ1) is 7.53. The summed E-state index contributed by atoms with van der Waals surface area (Å²) in [5.41, 5.74) is -1.14. The Morgan fingerprint density at radius 1 is 1.44 bits per heavy atom. The average molecular weight is 231 g/mol. The molecule has 4 heteroatoms. The third-order valence-corrected chi connectivity index (χ3v) is 3.28. The SMILES string of the molecule is CC.CC1CCN(C(=O)C2(O)CC2)CC1F. The van der Waals surface area contributed by atoms with Crippen molar-refractivity contribution in [2.75, 3.05) is 13.1 Å². The van der Waals surface area contributed by atoms with Crippen molar-refractivity contribution in [2.45, 2.75) is 51.8 Å². The van der Waals surface area contributed by atoms with Crippen molar-refractivity contribution >= 4 is 5.91 Å². The van der Waals surface area contributed by atoms with Crippen LogP contribution in [0.15, 0.2) is 0 Å². The summed E-state index contributed by atoms with van der Waals surface area (Å²) in [5.74, 6) is -0.236. The molecule has 1 N–H and O–H groups in total. The summed E-state index contributed by atoms with van der Waals surface area (Å²) in [4.78, 5) is 13.1. The summed E-state index contributed by atoms with van der Waals surface area (Å²) < 4.78 is 13.3. The summed E-state index contributed by atoms with van der Waals surface area (Å²) in [6.45, 7) is 6.60. The van der Waals surface area contributed by atoms with E-state index >= 15 is 0 Å². The lowest BCUT2D eigenvalue weighted by molar-refractivity contribution is -0.145. The van der Waals surface area contributed by atoms with Crippen molar-refractivity contribution in [1.82, 2.24) is 4.90 Å². The van der Waals surface area contributed by atoms with Crippen LogP contribution in [0.5, 0.6) is 0 Å². The first kappa shape index (κ1) is 13.4.